The summed E-state index contributed by atoms with van der Waals surface area (Å²) in [5.41, 5.74) is 1.01. The fourth-order valence-corrected chi connectivity index (χ4v) is 3.56. The molecule has 1 N–H and O–H groups in total. The van der Waals surface area contributed by atoms with Crippen LogP contribution in [0.25, 0.3) is 0 Å². The monoisotopic (exact) mass is 327 g/mol. The van der Waals surface area contributed by atoms with Gasteiger partial charge in [-0.25, -0.2) is 0 Å². The van der Waals surface area contributed by atoms with Crippen LogP contribution in [0.3, 0.4) is 0 Å². The zero-order valence-electron chi connectivity index (χ0n) is 12.7. The summed E-state index contributed by atoms with van der Waals surface area (Å²) in [6, 6.07) is 12.3. The van der Waals surface area contributed by atoms with E-state index in [1.165, 1.54) is 11.3 Å². The Morgan fingerprint density at radius 2 is 1.96 bits per heavy atom. The van der Waals surface area contributed by atoms with Crippen LogP contribution in [0.5, 0.6) is 0 Å². The van der Waals surface area contributed by atoms with Crippen molar-refractivity contribution >= 4 is 23.0 Å². The highest BCUT2D eigenvalue weighted by Crippen LogP contribution is 2.39. The Hall–Kier alpha value is -2.40. The lowest BCUT2D eigenvalue weighted by atomic mass is 9.95. The molecule has 0 radical (unpaired) electrons. The highest BCUT2D eigenvalue weighted by atomic mass is 32.1. The summed E-state index contributed by atoms with van der Waals surface area (Å²) in [6.07, 6.45) is 0.753. The standard InChI is InChI=1S/C18H17NO3S/c1-2-10-19-15(12-7-4-3-5-8-12)14(17(21)18(19)22)16(20)13-9-6-11-23-13/h3-9,11,15,21H,2,10H2,1H3/t15-/m1/s1. The Labute approximate surface area is 138 Å². The lowest BCUT2D eigenvalue weighted by Crippen LogP contribution is -2.31. The van der Waals surface area contributed by atoms with E-state index in [4.69, 9.17) is 0 Å². The first-order valence-corrected chi connectivity index (χ1v) is 8.40. The van der Waals surface area contributed by atoms with Crippen molar-refractivity contribution in [1.29, 1.82) is 0 Å². The van der Waals surface area contributed by atoms with Gasteiger partial charge in [-0.05, 0) is 23.4 Å². The van der Waals surface area contributed by atoms with Crippen molar-refractivity contribution in [3.05, 3.63) is 69.6 Å². The fourth-order valence-electron chi connectivity index (χ4n) is 2.88. The van der Waals surface area contributed by atoms with E-state index < -0.39 is 17.7 Å². The Morgan fingerprint density at radius 3 is 2.57 bits per heavy atom. The number of rotatable bonds is 5. The van der Waals surface area contributed by atoms with Gasteiger partial charge in [0.05, 0.1) is 16.5 Å². The predicted molar refractivity (Wildman–Crippen MR) is 89.5 cm³/mol. The summed E-state index contributed by atoms with van der Waals surface area (Å²) < 4.78 is 0. The van der Waals surface area contributed by atoms with Gasteiger partial charge in [0.1, 0.15) is 0 Å². The number of ketones is 1. The molecule has 2 heterocycles. The Balaban J connectivity index is 2.10. The summed E-state index contributed by atoms with van der Waals surface area (Å²) in [6.45, 7) is 2.45. The van der Waals surface area contributed by atoms with Crippen molar-refractivity contribution in [1.82, 2.24) is 4.90 Å². The Morgan fingerprint density at radius 1 is 1.22 bits per heavy atom. The lowest BCUT2D eigenvalue weighted by Gasteiger charge is -2.26. The molecule has 5 heteroatoms. The Bertz CT molecular complexity index is 750. The number of nitrogens with zero attached hydrogens (tertiary/aromatic N) is 1. The van der Waals surface area contributed by atoms with E-state index in [0.29, 0.717) is 11.4 Å². The first-order valence-electron chi connectivity index (χ1n) is 7.52. The van der Waals surface area contributed by atoms with E-state index in [0.717, 1.165) is 12.0 Å². The van der Waals surface area contributed by atoms with Crippen LogP contribution < -0.4 is 0 Å². The van der Waals surface area contributed by atoms with Gasteiger partial charge in [-0.1, -0.05) is 43.3 Å². The van der Waals surface area contributed by atoms with Gasteiger partial charge in [-0.2, -0.15) is 0 Å². The topological polar surface area (TPSA) is 57.6 Å². The number of aliphatic hydroxyl groups is 1. The number of hydrogen-bond acceptors (Lipinski definition) is 4. The lowest BCUT2D eigenvalue weighted by molar-refractivity contribution is -0.129. The molecule has 0 aliphatic carbocycles. The number of aliphatic hydroxyl groups excluding tert-OH is 1. The molecule has 23 heavy (non-hydrogen) atoms. The van der Waals surface area contributed by atoms with Crippen molar-refractivity contribution in [2.24, 2.45) is 0 Å². The second-order valence-electron chi connectivity index (χ2n) is 5.38. The van der Waals surface area contributed by atoms with Crippen LogP contribution in [0.2, 0.25) is 0 Å². The van der Waals surface area contributed by atoms with Gasteiger partial charge in [0.2, 0.25) is 5.78 Å². The molecule has 0 fully saturated rings. The first kappa shape index (κ1) is 15.5. The second-order valence-corrected chi connectivity index (χ2v) is 6.33. The van der Waals surface area contributed by atoms with Crippen molar-refractivity contribution < 1.29 is 14.7 Å². The molecule has 4 nitrogen and oxygen atoms in total. The van der Waals surface area contributed by atoms with Crippen molar-refractivity contribution in [2.45, 2.75) is 19.4 Å². The molecule has 1 atom stereocenters. The summed E-state index contributed by atoms with van der Waals surface area (Å²) in [5, 5.41) is 12.1. The number of carbonyl (C=O) groups excluding carboxylic acids is 2. The van der Waals surface area contributed by atoms with Crippen LogP contribution in [-0.4, -0.2) is 28.2 Å². The number of amides is 1. The van der Waals surface area contributed by atoms with Crippen LogP contribution in [0, 0.1) is 0 Å². The van der Waals surface area contributed by atoms with Crippen LogP contribution >= 0.6 is 11.3 Å². The largest absolute Gasteiger partial charge is 0.503 e. The number of carbonyl (C=O) groups is 2. The van der Waals surface area contributed by atoms with Crippen LogP contribution in [-0.2, 0) is 4.79 Å². The molecule has 0 saturated heterocycles. The molecule has 1 aromatic carbocycles. The number of thiophene rings is 1. The molecular weight excluding hydrogens is 310 g/mol. The van der Waals surface area contributed by atoms with Gasteiger partial charge in [-0.15, -0.1) is 11.3 Å². The molecule has 118 valence electrons. The molecule has 2 aromatic rings. The maximum Gasteiger partial charge on any atom is 0.290 e. The van der Waals surface area contributed by atoms with E-state index >= 15 is 0 Å². The predicted octanol–water partition coefficient (Wildman–Crippen LogP) is 3.74. The van der Waals surface area contributed by atoms with Crippen molar-refractivity contribution in [3.8, 4) is 0 Å². The highest BCUT2D eigenvalue weighted by molar-refractivity contribution is 7.12. The molecule has 3 rings (SSSR count). The molecule has 0 spiro atoms. The van der Waals surface area contributed by atoms with Gasteiger partial charge < -0.3 is 10.0 Å². The minimum Gasteiger partial charge on any atom is -0.503 e. The van der Waals surface area contributed by atoms with E-state index in [9.17, 15) is 14.7 Å². The molecule has 1 aliphatic heterocycles. The molecular formula is C18H17NO3S. The molecule has 0 unspecified atom stereocenters. The zero-order chi connectivity index (χ0) is 16.4. The highest BCUT2D eigenvalue weighted by Gasteiger charge is 2.43. The van der Waals surface area contributed by atoms with Gasteiger partial charge in [0, 0.05) is 6.54 Å². The maximum absolute atomic E-state index is 12.8. The third-order valence-electron chi connectivity index (χ3n) is 3.87. The molecule has 0 bridgehead atoms. The van der Waals surface area contributed by atoms with Crippen molar-refractivity contribution in [2.75, 3.05) is 6.54 Å². The smallest absolute Gasteiger partial charge is 0.290 e. The van der Waals surface area contributed by atoms with Crippen LogP contribution in [0.1, 0.15) is 34.6 Å². The number of hydrogen-bond donors (Lipinski definition) is 1. The Kier molecular flexibility index (Phi) is 4.30. The summed E-state index contributed by atoms with van der Waals surface area (Å²) in [7, 11) is 0. The zero-order valence-corrected chi connectivity index (χ0v) is 13.5. The van der Waals surface area contributed by atoms with E-state index in [1.807, 2.05) is 42.6 Å². The normalized spacial score (nSPS) is 17.9. The summed E-state index contributed by atoms with van der Waals surface area (Å²) in [4.78, 5) is 27.3. The molecule has 1 amide bonds. The van der Waals surface area contributed by atoms with Gasteiger partial charge in [0.15, 0.2) is 5.76 Å². The van der Waals surface area contributed by atoms with Crippen LogP contribution in [0.4, 0.5) is 0 Å². The third-order valence-corrected chi connectivity index (χ3v) is 4.74. The van der Waals surface area contributed by atoms with E-state index in [-0.39, 0.29) is 11.4 Å². The molecule has 1 aliphatic rings. The van der Waals surface area contributed by atoms with E-state index in [2.05, 4.69) is 0 Å². The quantitative estimate of drug-likeness (QED) is 0.851. The summed E-state index contributed by atoms with van der Waals surface area (Å²) >= 11 is 1.31. The minimum atomic E-state index is -0.529. The molecule has 1 aromatic heterocycles. The number of benzene rings is 1. The first-order chi connectivity index (χ1) is 11.1. The molecule has 0 saturated carbocycles. The van der Waals surface area contributed by atoms with Crippen LogP contribution in [0.15, 0.2) is 59.2 Å². The van der Waals surface area contributed by atoms with Crippen molar-refractivity contribution in [3.63, 3.8) is 0 Å². The summed E-state index contributed by atoms with van der Waals surface area (Å²) in [5.74, 6) is -1.18. The number of Topliss-reactive ketones (excluding diaryl/α,β-unsaturated/α-hetero) is 1. The maximum atomic E-state index is 12.8. The third kappa shape index (κ3) is 2.68. The van der Waals surface area contributed by atoms with E-state index in [1.54, 1.807) is 17.0 Å². The average molecular weight is 327 g/mol. The fraction of sp³-hybridized carbons (Fsp3) is 0.222. The second kappa shape index (κ2) is 6.38. The minimum absolute atomic E-state index is 0.178. The SMILES string of the molecule is CCCN1C(=O)C(O)=C(C(=O)c2cccs2)[C@H]1c1ccccc1. The average Bonchev–Trinajstić information content (AvgIpc) is 3.18. The van der Waals surface area contributed by atoms with Gasteiger partial charge in [0.25, 0.3) is 5.91 Å². The van der Waals surface area contributed by atoms with Gasteiger partial charge in [-0.3, -0.25) is 9.59 Å². The van der Waals surface area contributed by atoms with Gasteiger partial charge >= 0.3 is 0 Å².